The van der Waals surface area contributed by atoms with Gasteiger partial charge in [-0.15, -0.1) is 10.1 Å². The second-order valence-electron chi connectivity index (χ2n) is 7.06. The van der Waals surface area contributed by atoms with Gasteiger partial charge in [0.15, 0.2) is 5.69 Å². The lowest BCUT2D eigenvalue weighted by atomic mass is 9.86. The van der Waals surface area contributed by atoms with Gasteiger partial charge in [-0.1, -0.05) is 18.2 Å². The third-order valence-corrected chi connectivity index (χ3v) is 5.11. The van der Waals surface area contributed by atoms with Crippen LogP contribution in [-0.2, 0) is 9.53 Å². The molecule has 0 aliphatic heterocycles. The maximum Gasteiger partial charge on any atom is 0.344 e. The first kappa shape index (κ1) is 19.0. The molecule has 1 N–H and O–H groups in total. The Labute approximate surface area is 167 Å². The van der Waals surface area contributed by atoms with E-state index in [1.807, 2.05) is 18.2 Å². The molecule has 0 bridgehead atoms. The van der Waals surface area contributed by atoms with E-state index < -0.39 is 0 Å². The third kappa shape index (κ3) is 3.94. The van der Waals surface area contributed by atoms with E-state index in [0.717, 1.165) is 0 Å². The molecule has 0 radical (unpaired) electrons. The van der Waals surface area contributed by atoms with E-state index in [9.17, 15) is 9.59 Å². The smallest absolute Gasteiger partial charge is 0.344 e. The molecule has 2 heterocycles. The number of carbonyl (C=O) groups excluding carboxylic acids is 2. The van der Waals surface area contributed by atoms with Crippen molar-refractivity contribution in [2.75, 3.05) is 7.11 Å². The van der Waals surface area contributed by atoms with E-state index in [0.29, 0.717) is 37.2 Å². The Morgan fingerprint density at radius 2 is 1.90 bits per heavy atom. The molecule has 1 aliphatic rings. The highest BCUT2D eigenvalue weighted by atomic mass is 16.5. The van der Waals surface area contributed by atoms with Gasteiger partial charge >= 0.3 is 17.8 Å². The van der Waals surface area contributed by atoms with Crippen LogP contribution in [0, 0.1) is 12.8 Å². The molecule has 0 spiro atoms. The largest absolute Gasteiger partial charge is 0.469 e. The fourth-order valence-electron chi connectivity index (χ4n) is 3.61. The van der Waals surface area contributed by atoms with Gasteiger partial charge in [0.25, 0.3) is 5.91 Å². The number of nitrogens with one attached hydrogen (secondary N) is 1. The summed E-state index contributed by atoms with van der Waals surface area (Å²) in [5.74, 6) is 0.629. The molecule has 1 saturated carbocycles. The molecule has 152 valence electrons. The third-order valence-electron chi connectivity index (χ3n) is 5.11. The van der Waals surface area contributed by atoms with Crippen molar-refractivity contribution in [2.45, 2.75) is 38.6 Å². The normalized spacial score (nSPS) is 19.1. The first-order chi connectivity index (χ1) is 14.0. The summed E-state index contributed by atoms with van der Waals surface area (Å²) in [6.45, 7) is 1.69. The first-order valence-electron chi connectivity index (χ1n) is 9.53. The number of carbonyl (C=O) groups is 2. The standard InChI is InChI=1S/C20H22N4O5/c1-12-16(17(25)21-14-10-8-13(9-11-14)18(26)27-2)24-20(28-12)22-19(23-24)29-15-6-4-3-5-7-15/h3-7,13-14H,8-11H2,1-2H3,(H,21,25). The summed E-state index contributed by atoms with van der Waals surface area (Å²) >= 11 is 0. The van der Waals surface area contributed by atoms with Gasteiger partial charge in [0.2, 0.25) is 0 Å². The van der Waals surface area contributed by atoms with Crippen LogP contribution in [0.5, 0.6) is 11.8 Å². The zero-order chi connectivity index (χ0) is 20.4. The van der Waals surface area contributed by atoms with Crippen molar-refractivity contribution in [3.8, 4) is 11.8 Å². The van der Waals surface area contributed by atoms with Crippen molar-refractivity contribution in [2.24, 2.45) is 5.92 Å². The van der Waals surface area contributed by atoms with Crippen molar-refractivity contribution < 1.29 is 23.5 Å². The van der Waals surface area contributed by atoms with E-state index in [2.05, 4.69) is 15.4 Å². The van der Waals surface area contributed by atoms with Crippen LogP contribution in [0.15, 0.2) is 34.7 Å². The highest BCUT2D eigenvalue weighted by Crippen LogP contribution is 2.26. The van der Waals surface area contributed by atoms with Gasteiger partial charge in [0.05, 0.1) is 13.0 Å². The van der Waals surface area contributed by atoms with Crippen LogP contribution in [0.1, 0.15) is 41.9 Å². The Bertz CT molecular complexity index is 1020. The molecule has 1 fully saturated rings. The minimum atomic E-state index is -0.293. The van der Waals surface area contributed by atoms with Gasteiger partial charge in [-0.05, 0) is 44.7 Å². The second kappa shape index (κ2) is 7.94. The Kier molecular flexibility index (Phi) is 5.20. The highest BCUT2D eigenvalue weighted by Gasteiger charge is 2.29. The van der Waals surface area contributed by atoms with Gasteiger partial charge in [-0.3, -0.25) is 9.59 Å². The number of benzene rings is 1. The number of ether oxygens (including phenoxy) is 2. The Balaban J connectivity index is 1.46. The maximum atomic E-state index is 12.9. The predicted molar refractivity (Wildman–Crippen MR) is 102 cm³/mol. The number of aromatic nitrogens is 3. The molecule has 3 aromatic rings. The van der Waals surface area contributed by atoms with Crippen LogP contribution in [0.3, 0.4) is 0 Å². The van der Waals surface area contributed by atoms with E-state index in [1.54, 1.807) is 19.1 Å². The van der Waals surface area contributed by atoms with Crippen LogP contribution in [0.2, 0.25) is 0 Å². The molecule has 2 aromatic heterocycles. The number of fused-ring (bicyclic) bond motifs is 1. The van der Waals surface area contributed by atoms with Crippen molar-refractivity contribution in [1.82, 2.24) is 19.9 Å². The van der Waals surface area contributed by atoms with Gasteiger partial charge in [0, 0.05) is 6.04 Å². The minimum absolute atomic E-state index is 0.0173. The van der Waals surface area contributed by atoms with E-state index in [4.69, 9.17) is 13.9 Å². The molecule has 4 rings (SSSR count). The SMILES string of the molecule is COC(=O)C1CCC(NC(=O)c2c(C)oc3nc(Oc4ccccc4)nn23)CC1. The maximum absolute atomic E-state index is 12.9. The number of oxazole rings is 1. The summed E-state index contributed by atoms with van der Waals surface area (Å²) in [7, 11) is 1.40. The highest BCUT2D eigenvalue weighted by molar-refractivity contribution is 5.94. The molecule has 29 heavy (non-hydrogen) atoms. The Hall–Kier alpha value is -3.36. The zero-order valence-electron chi connectivity index (χ0n) is 16.3. The topological polar surface area (TPSA) is 108 Å². The summed E-state index contributed by atoms with van der Waals surface area (Å²) in [5, 5.41) is 7.27. The lowest BCUT2D eigenvalue weighted by molar-refractivity contribution is -0.146. The molecule has 1 amide bonds. The summed E-state index contributed by atoms with van der Waals surface area (Å²) in [6, 6.07) is 9.21. The summed E-state index contributed by atoms with van der Waals surface area (Å²) in [4.78, 5) is 28.7. The number of amides is 1. The molecular weight excluding hydrogens is 376 g/mol. The second-order valence-corrected chi connectivity index (χ2v) is 7.06. The van der Waals surface area contributed by atoms with Crippen molar-refractivity contribution >= 4 is 17.7 Å². The lowest BCUT2D eigenvalue weighted by Crippen LogP contribution is -2.39. The number of para-hydroxylation sites is 1. The van der Waals surface area contributed by atoms with E-state index >= 15 is 0 Å². The van der Waals surface area contributed by atoms with Crippen LogP contribution in [-0.4, -0.2) is 39.6 Å². The monoisotopic (exact) mass is 398 g/mol. The molecule has 9 nitrogen and oxygen atoms in total. The molecule has 0 atom stereocenters. The molecule has 0 unspecified atom stereocenters. The van der Waals surface area contributed by atoms with Crippen molar-refractivity contribution in [1.29, 1.82) is 0 Å². The quantitative estimate of drug-likeness (QED) is 0.658. The molecule has 0 saturated heterocycles. The fourth-order valence-corrected chi connectivity index (χ4v) is 3.61. The predicted octanol–water partition coefficient (Wildman–Crippen LogP) is 2.88. The van der Waals surface area contributed by atoms with Crippen LogP contribution in [0.4, 0.5) is 0 Å². The molecule has 1 aromatic carbocycles. The van der Waals surface area contributed by atoms with Gasteiger partial charge in [-0.2, -0.15) is 4.52 Å². The number of aryl methyl sites for hydroxylation is 1. The number of hydrogen-bond acceptors (Lipinski definition) is 7. The Morgan fingerprint density at radius 1 is 1.17 bits per heavy atom. The number of rotatable bonds is 5. The average Bonchev–Trinajstić information content (AvgIpc) is 3.24. The molecule has 1 aliphatic carbocycles. The van der Waals surface area contributed by atoms with Crippen LogP contribution < -0.4 is 10.1 Å². The van der Waals surface area contributed by atoms with E-state index in [-0.39, 0.29) is 41.4 Å². The van der Waals surface area contributed by atoms with Gasteiger partial charge < -0.3 is 19.2 Å². The summed E-state index contributed by atoms with van der Waals surface area (Å²) in [6.07, 6.45) is 2.81. The van der Waals surface area contributed by atoms with Crippen molar-refractivity contribution in [3.63, 3.8) is 0 Å². The Morgan fingerprint density at radius 3 is 2.59 bits per heavy atom. The molecular formula is C20H22N4O5. The number of hydrogen-bond donors (Lipinski definition) is 1. The molecule has 9 heteroatoms. The fraction of sp³-hybridized carbons (Fsp3) is 0.400. The van der Waals surface area contributed by atoms with Crippen LogP contribution >= 0.6 is 0 Å². The number of methoxy groups -OCH3 is 1. The lowest BCUT2D eigenvalue weighted by Gasteiger charge is -2.27. The number of nitrogens with zero attached hydrogens (tertiary/aromatic N) is 3. The van der Waals surface area contributed by atoms with E-state index in [1.165, 1.54) is 11.6 Å². The minimum Gasteiger partial charge on any atom is -0.469 e. The average molecular weight is 398 g/mol. The number of esters is 1. The van der Waals surface area contributed by atoms with Gasteiger partial charge in [-0.25, -0.2) is 0 Å². The van der Waals surface area contributed by atoms with Crippen LogP contribution in [0.25, 0.3) is 5.84 Å². The summed E-state index contributed by atoms with van der Waals surface area (Å²) in [5.41, 5.74) is 0.283. The zero-order valence-corrected chi connectivity index (χ0v) is 16.3. The first-order valence-corrected chi connectivity index (χ1v) is 9.53. The summed E-state index contributed by atoms with van der Waals surface area (Å²) < 4.78 is 17.3. The van der Waals surface area contributed by atoms with Gasteiger partial charge in [0.1, 0.15) is 11.5 Å². The van der Waals surface area contributed by atoms with Crippen molar-refractivity contribution in [3.05, 3.63) is 41.8 Å².